The zero-order valence-electron chi connectivity index (χ0n) is 8.86. The molecule has 0 fully saturated rings. The van der Waals surface area contributed by atoms with Crippen LogP contribution in [0.3, 0.4) is 0 Å². The lowest BCUT2D eigenvalue weighted by molar-refractivity contribution is 0.383. The fourth-order valence-corrected chi connectivity index (χ4v) is 2.05. The lowest BCUT2D eigenvalue weighted by Gasteiger charge is -2.09. The van der Waals surface area contributed by atoms with Gasteiger partial charge in [0.05, 0.1) is 4.90 Å². The Hall–Kier alpha value is -0.780. The van der Waals surface area contributed by atoms with Gasteiger partial charge in [0.25, 0.3) is 11.9 Å². The van der Waals surface area contributed by atoms with Crippen LogP contribution < -0.4 is 0 Å². The molecule has 0 N–H and O–H groups in total. The Kier molecular flexibility index (Phi) is 4.58. The topological polar surface area (TPSA) is 12.9 Å². The predicted octanol–water partition coefficient (Wildman–Crippen LogP) is 3.78. The van der Waals surface area contributed by atoms with E-state index in [2.05, 4.69) is 4.98 Å². The van der Waals surface area contributed by atoms with Gasteiger partial charge in [0.1, 0.15) is 0 Å². The molecule has 0 aliphatic heterocycles. The third kappa shape index (κ3) is 2.87. The van der Waals surface area contributed by atoms with Crippen molar-refractivity contribution in [2.75, 3.05) is 5.75 Å². The Bertz CT molecular complexity index is 357. The fraction of sp³-hybridized carbons (Fsp3) is 0.500. The molecule has 0 aliphatic carbocycles. The second-order valence-electron chi connectivity index (χ2n) is 3.47. The number of rotatable bonds is 4. The van der Waals surface area contributed by atoms with Gasteiger partial charge in [-0.3, -0.25) is 0 Å². The molecule has 0 saturated heterocycles. The average Bonchev–Trinajstić information content (AvgIpc) is 2.26. The highest BCUT2D eigenvalue weighted by Crippen LogP contribution is 2.29. The van der Waals surface area contributed by atoms with Gasteiger partial charge in [-0.05, 0) is 5.92 Å². The van der Waals surface area contributed by atoms with E-state index in [0.717, 1.165) is 18.2 Å². The molecular weight excluding hydrogens is 242 g/mol. The molecule has 1 rings (SSSR count). The molecule has 6 heteroatoms. The van der Waals surface area contributed by atoms with Gasteiger partial charge in [0.2, 0.25) is 0 Å². The van der Waals surface area contributed by atoms with E-state index in [1.165, 1.54) is 0 Å². The summed E-state index contributed by atoms with van der Waals surface area (Å²) in [5.74, 6) is -5.45. The molecule has 1 aromatic rings. The summed E-state index contributed by atoms with van der Waals surface area (Å²) >= 11 is 0.765. The predicted molar refractivity (Wildman–Crippen MR) is 54.2 cm³/mol. The van der Waals surface area contributed by atoms with Crippen molar-refractivity contribution in [2.24, 2.45) is 5.92 Å². The molecule has 1 nitrogen and oxygen atoms in total. The molecule has 1 unspecified atom stereocenters. The van der Waals surface area contributed by atoms with Gasteiger partial charge in [0, 0.05) is 5.75 Å². The standard InChI is InChI=1S/C10H11F4NS/c1-3-5(2)4-16-8-6(11)9(13)15-10(14)7(8)12/h5H,3-4H2,1-2H3. The number of pyridine rings is 1. The zero-order chi connectivity index (χ0) is 12.3. The summed E-state index contributed by atoms with van der Waals surface area (Å²) in [7, 11) is 0. The summed E-state index contributed by atoms with van der Waals surface area (Å²) < 4.78 is 51.7. The van der Waals surface area contributed by atoms with Crippen LogP contribution in [0, 0.1) is 29.4 Å². The highest BCUT2D eigenvalue weighted by molar-refractivity contribution is 7.99. The van der Waals surface area contributed by atoms with Crippen molar-refractivity contribution in [2.45, 2.75) is 25.2 Å². The van der Waals surface area contributed by atoms with E-state index < -0.39 is 28.4 Å². The van der Waals surface area contributed by atoms with E-state index in [1.54, 1.807) is 0 Å². The maximum atomic E-state index is 13.1. The maximum absolute atomic E-state index is 13.1. The Morgan fingerprint density at radius 3 is 2.06 bits per heavy atom. The third-order valence-electron chi connectivity index (χ3n) is 2.17. The summed E-state index contributed by atoms with van der Waals surface area (Å²) in [6, 6.07) is 0. The molecule has 1 aromatic heterocycles. The fourth-order valence-electron chi connectivity index (χ4n) is 0.938. The molecule has 90 valence electrons. The molecule has 1 atom stereocenters. The first kappa shape index (κ1) is 13.3. The first-order chi connectivity index (χ1) is 7.47. The third-order valence-corrected chi connectivity index (χ3v) is 3.55. The van der Waals surface area contributed by atoms with Crippen LogP contribution in [-0.4, -0.2) is 10.7 Å². The maximum Gasteiger partial charge on any atom is 0.252 e. The molecule has 0 aliphatic rings. The lowest BCUT2D eigenvalue weighted by Crippen LogP contribution is -2.04. The molecule has 0 radical (unpaired) electrons. The summed E-state index contributed by atoms with van der Waals surface area (Å²) in [5, 5.41) is 0. The van der Waals surface area contributed by atoms with Crippen molar-refractivity contribution in [1.29, 1.82) is 0 Å². The number of thioether (sulfide) groups is 1. The van der Waals surface area contributed by atoms with Crippen LogP contribution in [-0.2, 0) is 0 Å². The van der Waals surface area contributed by atoms with Crippen LogP contribution in [0.4, 0.5) is 17.6 Å². The molecule has 16 heavy (non-hydrogen) atoms. The lowest BCUT2D eigenvalue weighted by atomic mass is 10.2. The number of hydrogen-bond acceptors (Lipinski definition) is 2. The molecule has 1 heterocycles. The normalized spacial score (nSPS) is 12.9. The van der Waals surface area contributed by atoms with Gasteiger partial charge in [-0.15, -0.1) is 11.8 Å². The minimum atomic E-state index is -1.61. The summed E-state index contributed by atoms with van der Waals surface area (Å²) in [6.07, 6.45) is 0.826. The van der Waals surface area contributed by atoms with Crippen molar-refractivity contribution in [3.63, 3.8) is 0 Å². The van der Waals surface area contributed by atoms with E-state index in [1.807, 2.05) is 13.8 Å². The summed E-state index contributed by atoms with van der Waals surface area (Å²) in [6.45, 7) is 3.81. The molecule has 0 aromatic carbocycles. The van der Waals surface area contributed by atoms with E-state index >= 15 is 0 Å². The van der Waals surface area contributed by atoms with Crippen LogP contribution in [0.1, 0.15) is 20.3 Å². The smallest absolute Gasteiger partial charge is 0.201 e. The number of nitrogens with zero attached hydrogens (tertiary/aromatic N) is 1. The highest BCUT2D eigenvalue weighted by Gasteiger charge is 2.21. The van der Waals surface area contributed by atoms with Crippen molar-refractivity contribution in [3.8, 4) is 0 Å². The minimum Gasteiger partial charge on any atom is -0.201 e. The molecule has 0 amide bonds. The summed E-state index contributed by atoms with van der Waals surface area (Å²) in [4.78, 5) is 1.85. The van der Waals surface area contributed by atoms with Gasteiger partial charge >= 0.3 is 0 Å². The van der Waals surface area contributed by atoms with Gasteiger partial charge in [-0.2, -0.15) is 13.8 Å². The molecule has 0 bridgehead atoms. The minimum absolute atomic E-state index is 0.211. The second kappa shape index (κ2) is 5.52. The summed E-state index contributed by atoms with van der Waals surface area (Å²) in [5.41, 5.74) is 0. The molecule has 0 spiro atoms. The SMILES string of the molecule is CCC(C)CSc1c(F)c(F)nc(F)c1F. The Morgan fingerprint density at radius 2 is 1.62 bits per heavy atom. The van der Waals surface area contributed by atoms with Crippen LogP contribution in [0.15, 0.2) is 4.90 Å². The first-order valence-corrected chi connectivity index (χ1v) is 5.78. The number of hydrogen-bond donors (Lipinski definition) is 0. The zero-order valence-corrected chi connectivity index (χ0v) is 9.68. The van der Waals surface area contributed by atoms with Gasteiger partial charge in [0.15, 0.2) is 11.6 Å². The van der Waals surface area contributed by atoms with Crippen LogP contribution >= 0.6 is 11.8 Å². The molecular formula is C10H11F4NS. The first-order valence-electron chi connectivity index (χ1n) is 4.80. The largest absolute Gasteiger partial charge is 0.252 e. The Morgan fingerprint density at radius 1 is 1.12 bits per heavy atom. The van der Waals surface area contributed by atoms with E-state index in [0.29, 0.717) is 5.75 Å². The van der Waals surface area contributed by atoms with E-state index in [9.17, 15) is 17.6 Å². The van der Waals surface area contributed by atoms with Crippen molar-refractivity contribution in [1.82, 2.24) is 4.98 Å². The number of halogens is 4. The monoisotopic (exact) mass is 253 g/mol. The van der Waals surface area contributed by atoms with Gasteiger partial charge in [-0.25, -0.2) is 8.78 Å². The van der Waals surface area contributed by atoms with E-state index in [4.69, 9.17) is 0 Å². The second-order valence-corrected chi connectivity index (χ2v) is 4.51. The van der Waals surface area contributed by atoms with Crippen LogP contribution in [0.2, 0.25) is 0 Å². The highest BCUT2D eigenvalue weighted by atomic mass is 32.2. The van der Waals surface area contributed by atoms with Crippen LogP contribution in [0.5, 0.6) is 0 Å². The molecule has 0 saturated carbocycles. The Balaban J connectivity index is 2.94. The van der Waals surface area contributed by atoms with E-state index in [-0.39, 0.29) is 5.92 Å². The quantitative estimate of drug-likeness (QED) is 0.460. The van der Waals surface area contributed by atoms with Crippen molar-refractivity contribution < 1.29 is 17.6 Å². The number of aromatic nitrogens is 1. The van der Waals surface area contributed by atoms with Crippen molar-refractivity contribution in [3.05, 3.63) is 23.5 Å². The van der Waals surface area contributed by atoms with Gasteiger partial charge in [-0.1, -0.05) is 20.3 Å². The van der Waals surface area contributed by atoms with Crippen LogP contribution in [0.25, 0.3) is 0 Å². The van der Waals surface area contributed by atoms with Gasteiger partial charge < -0.3 is 0 Å². The van der Waals surface area contributed by atoms with Crippen molar-refractivity contribution >= 4 is 11.8 Å². The Labute approximate surface area is 95.3 Å². The average molecular weight is 253 g/mol.